The van der Waals surface area contributed by atoms with Gasteiger partial charge in [0.2, 0.25) is 0 Å². The Kier molecular flexibility index (Phi) is 2.70. The monoisotopic (exact) mass is 197 g/mol. The summed E-state index contributed by atoms with van der Waals surface area (Å²) in [4.78, 5) is 14.6. The maximum absolute atomic E-state index is 10.3. The summed E-state index contributed by atoms with van der Waals surface area (Å²) in [6.45, 7) is 0.736. The highest BCUT2D eigenvalue weighted by Gasteiger charge is 2.32. The summed E-state index contributed by atoms with van der Waals surface area (Å²) in [5, 5.41) is 8.50. The van der Waals surface area contributed by atoms with E-state index >= 15 is 0 Å². The predicted molar refractivity (Wildman–Crippen MR) is 51.4 cm³/mol. The highest BCUT2D eigenvalue weighted by atomic mass is 16.5. The smallest absolute Gasteiger partial charge is 0.303 e. The van der Waals surface area contributed by atoms with Crippen molar-refractivity contribution >= 4 is 11.9 Å². The summed E-state index contributed by atoms with van der Waals surface area (Å²) in [5.74, 6) is 0.522. The topological polar surface area (TPSA) is 58.9 Å². The Morgan fingerprint density at radius 1 is 1.57 bits per heavy atom. The maximum atomic E-state index is 10.3. The van der Waals surface area contributed by atoms with Crippen LogP contribution in [0, 0.1) is 5.92 Å². The molecule has 1 aliphatic carbocycles. The number of carboxylic acids is 1. The van der Waals surface area contributed by atoms with E-state index in [2.05, 4.69) is 4.99 Å². The molecule has 1 unspecified atom stereocenters. The van der Waals surface area contributed by atoms with Gasteiger partial charge in [0, 0.05) is 6.42 Å². The van der Waals surface area contributed by atoms with E-state index in [1.165, 1.54) is 19.3 Å². The van der Waals surface area contributed by atoms with Crippen molar-refractivity contribution in [2.45, 2.75) is 38.2 Å². The minimum atomic E-state index is -0.789. The lowest BCUT2D eigenvalue weighted by molar-refractivity contribution is -0.136. The van der Waals surface area contributed by atoms with Crippen LogP contribution < -0.4 is 0 Å². The third-order valence-corrected chi connectivity index (χ3v) is 2.96. The molecule has 1 fully saturated rings. The van der Waals surface area contributed by atoms with Gasteiger partial charge in [-0.3, -0.25) is 9.79 Å². The molecule has 4 heteroatoms. The van der Waals surface area contributed by atoms with Gasteiger partial charge in [0.25, 0.3) is 0 Å². The predicted octanol–water partition coefficient (Wildman–Crippen LogP) is 1.45. The lowest BCUT2D eigenvalue weighted by atomic mass is 9.81. The summed E-state index contributed by atoms with van der Waals surface area (Å²) in [5.41, 5.74) is 0. The molecule has 1 aliphatic heterocycles. The fourth-order valence-corrected chi connectivity index (χ4v) is 1.85. The highest BCUT2D eigenvalue weighted by molar-refractivity contribution is 5.81. The zero-order chi connectivity index (χ0) is 9.97. The Bertz CT molecular complexity index is 258. The molecule has 1 heterocycles. The van der Waals surface area contributed by atoms with Gasteiger partial charge in [-0.1, -0.05) is 6.42 Å². The van der Waals surface area contributed by atoms with Crippen molar-refractivity contribution in [3.8, 4) is 0 Å². The first kappa shape index (κ1) is 9.49. The molecule has 0 aromatic carbocycles. The summed E-state index contributed by atoms with van der Waals surface area (Å²) >= 11 is 0. The molecule has 1 saturated carbocycles. The second-order valence-corrected chi connectivity index (χ2v) is 3.98. The first-order valence-corrected chi connectivity index (χ1v) is 5.17. The van der Waals surface area contributed by atoms with Crippen LogP contribution in [0.3, 0.4) is 0 Å². The summed E-state index contributed by atoms with van der Waals surface area (Å²) in [6, 6.07) is 0. The van der Waals surface area contributed by atoms with Crippen LogP contribution in [0.25, 0.3) is 0 Å². The van der Waals surface area contributed by atoms with E-state index in [1.807, 2.05) is 0 Å². The maximum Gasteiger partial charge on any atom is 0.303 e. The van der Waals surface area contributed by atoms with Crippen molar-refractivity contribution in [2.24, 2.45) is 10.9 Å². The number of nitrogens with zero attached hydrogens (tertiary/aromatic N) is 1. The largest absolute Gasteiger partial charge is 0.481 e. The number of ether oxygens (including phenoxy) is 1. The molecule has 0 amide bonds. The molecular formula is C10H15NO3. The van der Waals surface area contributed by atoms with Crippen LogP contribution in [0.4, 0.5) is 0 Å². The van der Waals surface area contributed by atoms with E-state index < -0.39 is 5.97 Å². The van der Waals surface area contributed by atoms with Crippen molar-refractivity contribution in [2.75, 3.05) is 6.54 Å². The molecular weight excluding hydrogens is 182 g/mol. The molecule has 0 aromatic heterocycles. The first-order chi connectivity index (χ1) is 6.75. The van der Waals surface area contributed by atoms with Crippen LogP contribution >= 0.6 is 0 Å². The fourth-order valence-electron chi connectivity index (χ4n) is 1.85. The van der Waals surface area contributed by atoms with Gasteiger partial charge in [-0.2, -0.15) is 0 Å². The van der Waals surface area contributed by atoms with E-state index in [9.17, 15) is 4.79 Å². The molecule has 2 rings (SSSR count). The summed E-state index contributed by atoms with van der Waals surface area (Å²) in [7, 11) is 0. The van der Waals surface area contributed by atoms with Crippen molar-refractivity contribution in [3.05, 3.63) is 0 Å². The van der Waals surface area contributed by atoms with Crippen LogP contribution in [-0.2, 0) is 9.53 Å². The van der Waals surface area contributed by atoms with Gasteiger partial charge in [0.05, 0.1) is 13.0 Å². The molecule has 1 N–H and O–H groups in total. The third kappa shape index (κ3) is 2.05. The van der Waals surface area contributed by atoms with Crippen molar-refractivity contribution in [3.63, 3.8) is 0 Å². The van der Waals surface area contributed by atoms with Gasteiger partial charge in [0.1, 0.15) is 6.10 Å². The van der Waals surface area contributed by atoms with E-state index in [4.69, 9.17) is 9.84 Å². The van der Waals surface area contributed by atoms with Crippen LogP contribution in [0.1, 0.15) is 32.1 Å². The van der Waals surface area contributed by atoms with E-state index in [0.717, 1.165) is 6.54 Å². The molecule has 1 atom stereocenters. The highest BCUT2D eigenvalue weighted by Crippen LogP contribution is 2.33. The van der Waals surface area contributed by atoms with Crippen LogP contribution in [-0.4, -0.2) is 29.6 Å². The Morgan fingerprint density at radius 3 is 2.93 bits per heavy atom. The number of hydrogen-bond donors (Lipinski definition) is 1. The average Bonchev–Trinajstić information content (AvgIpc) is 2.46. The third-order valence-electron chi connectivity index (χ3n) is 2.96. The van der Waals surface area contributed by atoms with Gasteiger partial charge in [0.15, 0.2) is 5.90 Å². The van der Waals surface area contributed by atoms with Crippen LogP contribution in [0.5, 0.6) is 0 Å². The lowest BCUT2D eigenvalue weighted by Crippen LogP contribution is -2.29. The van der Waals surface area contributed by atoms with Gasteiger partial charge < -0.3 is 9.84 Å². The van der Waals surface area contributed by atoms with Gasteiger partial charge in [-0.05, 0) is 18.8 Å². The van der Waals surface area contributed by atoms with E-state index in [1.54, 1.807) is 0 Å². The number of rotatable bonds is 4. The minimum absolute atomic E-state index is 0.121. The lowest BCUT2D eigenvalue weighted by Gasteiger charge is -2.30. The van der Waals surface area contributed by atoms with E-state index in [0.29, 0.717) is 18.2 Å². The van der Waals surface area contributed by atoms with Gasteiger partial charge >= 0.3 is 5.97 Å². The molecule has 0 saturated heterocycles. The number of carboxylic acid groups (broad SMARTS) is 1. The Labute approximate surface area is 83.0 Å². The molecule has 2 aliphatic rings. The molecule has 0 aromatic rings. The Balaban J connectivity index is 1.72. The molecule has 78 valence electrons. The average molecular weight is 197 g/mol. The van der Waals surface area contributed by atoms with Gasteiger partial charge in [-0.15, -0.1) is 0 Å². The quantitative estimate of drug-likeness (QED) is 0.742. The standard InChI is InChI=1S/C10H15NO3/c12-10(13)5-4-9-11-6-8(14-9)7-2-1-3-7/h7-8H,1-6H2,(H,12,13). The zero-order valence-corrected chi connectivity index (χ0v) is 8.11. The zero-order valence-electron chi connectivity index (χ0n) is 8.11. The molecule has 0 bridgehead atoms. The van der Waals surface area contributed by atoms with Crippen molar-refractivity contribution < 1.29 is 14.6 Å². The summed E-state index contributed by atoms with van der Waals surface area (Å²) in [6.07, 6.45) is 4.59. The molecule has 0 radical (unpaired) electrons. The normalized spacial score (nSPS) is 26.6. The number of hydrogen-bond acceptors (Lipinski definition) is 3. The SMILES string of the molecule is O=C(O)CCC1=NCC(C2CCC2)O1. The first-order valence-electron chi connectivity index (χ1n) is 5.17. The second kappa shape index (κ2) is 3.98. The van der Waals surface area contributed by atoms with E-state index in [-0.39, 0.29) is 12.5 Å². The second-order valence-electron chi connectivity index (χ2n) is 3.98. The number of aliphatic imine (C=N–C) groups is 1. The fraction of sp³-hybridized carbons (Fsp3) is 0.800. The number of carbonyl (C=O) groups is 1. The molecule has 0 spiro atoms. The minimum Gasteiger partial charge on any atom is -0.481 e. The van der Waals surface area contributed by atoms with Gasteiger partial charge in [-0.25, -0.2) is 0 Å². The van der Waals surface area contributed by atoms with Crippen LogP contribution in [0.2, 0.25) is 0 Å². The Morgan fingerprint density at radius 2 is 2.36 bits per heavy atom. The van der Waals surface area contributed by atoms with Crippen molar-refractivity contribution in [1.82, 2.24) is 0 Å². The summed E-state index contributed by atoms with van der Waals surface area (Å²) < 4.78 is 5.60. The van der Waals surface area contributed by atoms with Crippen molar-refractivity contribution in [1.29, 1.82) is 0 Å². The Hall–Kier alpha value is -1.06. The molecule has 4 nitrogen and oxygen atoms in total. The number of aliphatic carboxylic acids is 1. The molecule has 14 heavy (non-hydrogen) atoms. The van der Waals surface area contributed by atoms with Crippen LogP contribution in [0.15, 0.2) is 4.99 Å².